The highest BCUT2D eigenvalue weighted by Gasteiger charge is 2.32. The lowest BCUT2D eigenvalue weighted by Crippen LogP contribution is -2.39. The number of imidazole rings is 1. The standard InChI is InChI=1S/C14H23N3O/c1-14(3-5-15-6-4-14)13-8-16-11-17(13)9-12-2-7-18-10-12/h8,11-12,15H,2-7,9-10H2,1H3. The lowest BCUT2D eigenvalue weighted by Gasteiger charge is -2.35. The zero-order chi connectivity index (χ0) is 12.4. The summed E-state index contributed by atoms with van der Waals surface area (Å²) in [5.41, 5.74) is 1.71. The van der Waals surface area contributed by atoms with Crippen LogP contribution in [0.2, 0.25) is 0 Å². The number of rotatable bonds is 3. The Morgan fingerprint density at radius 1 is 1.50 bits per heavy atom. The highest BCUT2D eigenvalue weighted by Crippen LogP contribution is 2.33. The van der Waals surface area contributed by atoms with E-state index in [0.29, 0.717) is 11.3 Å². The van der Waals surface area contributed by atoms with Gasteiger partial charge in [-0.3, -0.25) is 0 Å². The second-order valence-electron chi connectivity index (χ2n) is 5.97. The van der Waals surface area contributed by atoms with Crippen molar-refractivity contribution in [2.75, 3.05) is 26.3 Å². The van der Waals surface area contributed by atoms with E-state index in [2.05, 4.69) is 28.0 Å². The number of piperidine rings is 1. The number of nitrogens with zero attached hydrogens (tertiary/aromatic N) is 2. The molecule has 1 aromatic rings. The molecule has 100 valence electrons. The van der Waals surface area contributed by atoms with Crippen LogP contribution in [-0.2, 0) is 16.7 Å². The van der Waals surface area contributed by atoms with Crippen LogP contribution in [-0.4, -0.2) is 35.9 Å². The summed E-state index contributed by atoms with van der Waals surface area (Å²) < 4.78 is 7.84. The quantitative estimate of drug-likeness (QED) is 0.883. The second kappa shape index (κ2) is 5.02. The monoisotopic (exact) mass is 249 g/mol. The van der Waals surface area contributed by atoms with Crippen LogP contribution in [0.1, 0.15) is 31.9 Å². The van der Waals surface area contributed by atoms with E-state index in [1.807, 2.05) is 6.33 Å². The molecule has 0 aromatic carbocycles. The van der Waals surface area contributed by atoms with Gasteiger partial charge in [0.1, 0.15) is 0 Å². The van der Waals surface area contributed by atoms with Gasteiger partial charge in [-0.25, -0.2) is 4.98 Å². The van der Waals surface area contributed by atoms with Crippen LogP contribution in [0.25, 0.3) is 0 Å². The number of hydrogen-bond donors (Lipinski definition) is 1. The van der Waals surface area contributed by atoms with Gasteiger partial charge in [0, 0.05) is 36.4 Å². The molecular formula is C14H23N3O. The Morgan fingerprint density at radius 2 is 2.33 bits per heavy atom. The van der Waals surface area contributed by atoms with Crippen molar-refractivity contribution in [2.45, 2.75) is 38.1 Å². The molecule has 1 aromatic heterocycles. The van der Waals surface area contributed by atoms with Crippen molar-refractivity contribution in [2.24, 2.45) is 5.92 Å². The molecule has 0 spiro atoms. The van der Waals surface area contributed by atoms with Crippen molar-refractivity contribution in [3.8, 4) is 0 Å². The van der Waals surface area contributed by atoms with Crippen LogP contribution in [0.4, 0.5) is 0 Å². The molecular weight excluding hydrogens is 226 g/mol. The minimum absolute atomic E-state index is 0.293. The molecule has 4 nitrogen and oxygen atoms in total. The first-order valence-electron chi connectivity index (χ1n) is 7.07. The Labute approximate surface area is 109 Å². The summed E-state index contributed by atoms with van der Waals surface area (Å²) >= 11 is 0. The van der Waals surface area contributed by atoms with Crippen molar-refractivity contribution >= 4 is 0 Å². The predicted octanol–water partition coefficient (Wildman–Crippen LogP) is 1.56. The average molecular weight is 249 g/mol. The first-order valence-corrected chi connectivity index (χ1v) is 7.07. The molecule has 18 heavy (non-hydrogen) atoms. The summed E-state index contributed by atoms with van der Waals surface area (Å²) in [6.45, 7) is 7.53. The highest BCUT2D eigenvalue weighted by molar-refractivity contribution is 5.15. The minimum Gasteiger partial charge on any atom is -0.381 e. The summed E-state index contributed by atoms with van der Waals surface area (Å²) in [5.74, 6) is 0.670. The van der Waals surface area contributed by atoms with Crippen LogP contribution in [0, 0.1) is 5.92 Å². The van der Waals surface area contributed by atoms with Crippen LogP contribution in [0.15, 0.2) is 12.5 Å². The topological polar surface area (TPSA) is 39.1 Å². The molecule has 4 heteroatoms. The predicted molar refractivity (Wildman–Crippen MR) is 70.6 cm³/mol. The third kappa shape index (κ3) is 2.31. The third-order valence-corrected chi connectivity index (χ3v) is 4.52. The third-order valence-electron chi connectivity index (χ3n) is 4.52. The molecule has 0 saturated carbocycles. The van der Waals surface area contributed by atoms with Crippen molar-refractivity contribution in [1.82, 2.24) is 14.9 Å². The normalized spacial score (nSPS) is 27.5. The van der Waals surface area contributed by atoms with Gasteiger partial charge in [-0.2, -0.15) is 0 Å². The molecule has 1 unspecified atom stereocenters. The van der Waals surface area contributed by atoms with Crippen LogP contribution in [0.3, 0.4) is 0 Å². The maximum absolute atomic E-state index is 5.47. The lowest BCUT2D eigenvalue weighted by molar-refractivity contribution is 0.181. The molecule has 1 N–H and O–H groups in total. The van der Waals surface area contributed by atoms with Gasteiger partial charge in [0.2, 0.25) is 0 Å². The highest BCUT2D eigenvalue weighted by atomic mass is 16.5. The fourth-order valence-electron chi connectivity index (χ4n) is 3.21. The van der Waals surface area contributed by atoms with E-state index in [1.165, 1.54) is 25.0 Å². The van der Waals surface area contributed by atoms with Gasteiger partial charge >= 0.3 is 0 Å². The molecule has 2 saturated heterocycles. The maximum Gasteiger partial charge on any atom is 0.0948 e. The Hall–Kier alpha value is -0.870. The van der Waals surface area contributed by atoms with Crippen molar-refractivity contribution < 1.29 is 4.74 Å². The van der Waals surface area contributed by atoms with Gasteiger partial charge in [-0.1, -0.05) is 6.92 Å². The van der Waals surface area contributed by atoms with Crippen LogP contribution < -0.4 is 5.32 Å². The van der Waals surface area contributed by atoms with E-state index in [1.54, 1.807) is 0 Å². The molecule has 1 atom stereocenters. The summed E-state index contributed by atoms with van der Waals surface area (Å²) in [6.07, 6.45) is 7.68. The van der Waals surface area contributed by atoms with Gasteiger partial charge in [0.15, 0.2) is 0 Å². The summed E-state index contributed by atoms with van der Waals surface area (Å²) in [4.78, 5) is 4.39. The van der Waals surface area contributed by atoms with Crippen LogP contribution in [0.5, 0.6) is 0 Å². The van der Waals surface area contributed by atoms with Gasteiger partial charge in [-0.15, -0.1) is 0 Å². The zero-order valence-corrected chi connectivity index (χ0v) is 11.2. The molecule has 3 heterocycles. The maximum atomic E-state index is 5.47. The molecule has 2 aliphatic heterocycles. The van der Waals surface area contributed by atoms with E-state index in [9.17, 15) is 0 Å². The number of ether oxygens (including phenoxy) is 1. The van der Waals surface area contributed by atoms with Crippen molar-refractivity contribution in [1.29, 1.82) is 0 Å². The van der Waals surface area contributed by atoms with E-state index in [-0.39, 0.29) is 0 Å². The Bertz CT molecular complexity index is 389. The smallest absolute Gasteiger partial charge is 0.0948 e. The minimum atomic E-state index is 0.293. The number of aromatic nitrogens is 2. The van der Waals surface area contributed by atoms with E-state index >= 15 is 0 Å². The first kappa shape index (κ1) is 12.2. The van der Waals surface area contributed by atoms with Gasteiger partial charge < -0.3 is 14.6 Å². The van der Waals surface area contributed by atoms with Crippen molar-refractivity contribution in [3.05, 3.63) is 18.2 Å². The number of hydrogen-bond acceptors (Lipinski definition) is 3. The molecule has 0 aliphatic carbocycles. The second-order valence-corrected chi connectivity index (χ2v) is 5.97. The molecule has 0 radical (unpaired) electrons. The zero-order valence-electron chi connectivity index (χ0n) is 11.2. The summed E-state index contributed by atoms with van der Waals surface area (Å²) in [7, 11) is 0. The van der Waals surface area contributed by atoms with E-state index in [4.69, 9.17) is 4.74 Å². The summed E-state index contributed by atoms with van der Waals surface area (Å²) in [6, 6.07) is 0. The van der Waals surface area contributed by atoms with Gasteiger partial charge in [0.25, 0.3) is 0 Å². The van der Waals surface area contributed by atoms with Gasteiger partial charge in [-0.05, 0) is 32.4 Å². The Balaban J connectivity index is 1.77. The van der Waals surface area contributed by atoms with Gasteiger partial charge in [0.05, 0.1) is 12.9 Å². The van der Waals surface area contributed by atoms with Crippen molar-refractivity contribution in [3.63, 3.8) is 0 Å². The largest absolute Gasteiger partial charge is 0.381 e. The molecule has 0 bridgehead atoms. The Morgan fingerprint density at radius 3 is 3.06 bits per heavy atom. The molecule has 3 rings (SSSR count). The molecule has 2 fully saturated rings. The van der Waals surface area contributed by atoms with E-state index < -0.39 is 0 Å². The molecule has 2 aliphatic rings. The van der Waals surface area contributed by atoms with E-state index in [0.717, 1.165) is 32.8 Å². The SMILES string of the molecule is CC1(c2cncn2CC2CCOC2)CCNCC1. The summed E-state index contributed by atoms with van der Waals surface area (Å²) in [5, 5.41) is 3.44. The Kier molecular flexibility index (Phi) is 3.39. The van der Waals surface area contributed by atoms with Crippen LogP contribution >= 0.6 is 0 Å². The molecule has 0 amide bonds. The average Bonchev–Trinajstić information content (AvgIpc) is 3.02. The lowest BCUT2D eigenvalue weighted by atomic mass is 9.78. The first-order chi connectivity index (χ1) is 8.78. The fourth-order valence-corrected chi connectivity index (χ4v) is 3.21. The number of nitrogens with one attached hydrogen (secondary N) is 1. The fraction of sp³-hybridized carbons (Fsp3) is 0.786.